The summed E-state index contributed by atoms with van der Waals surface area (Å²) < 4.78 is 1.18. The van der Waals surface area contributed by atoms with E-state index in [1.54, 1.807) is 11.3 Å². The highest BCUT2D eigenvalue weighted by Crippen LogP contribution is 2.19. The van der Waals surface area contributed by atoms with Crippen LogP contribution in [0, 0.1) is 6.92 Å². The molecular weight excluding hydrogens is 338 g/mol. The lowest BCUT2D eigenvalue weighted by molar-refractivity contribution is 0.741. The zero-order valence-electron chi connectivity index (χ0n) is 11.0. The quantitative estimate of drug-likeness (QED) is 0.713. The van der Waals surface area contributed by atoms with Crippen molar-refractivity contribution in [3.05, 3.63) is 56.2 Å². The van der Waals surface area contributed by atoms with Crippen LogP contribution in [0.1, 0.15) is 16.0 Å². The molecular formula is C15H18BrNS2. The lowest BCUT2D eigenvalue weighted by atomic mass is 10.2. The van der Waals surface area contributed by atoms with Crippen molar-refractivity contribution in [1.29, 1.82) is 0 Å². The van der Waals surface area contributed by atoms with Crippen molar-refractivity contribution in [3.63, 3.8) is 0 Å². The molecule has 0 aliphatic heterocycles. The Morgan fingerprint density at radius 1 is 1.32 bits per heavy atom. The Balaban J connectivity index is 1.57. The molecule has 2 aromatic rings. The standard InChI is InChI=1S/C15H18BrNS2/c1-12-3-2-4-13(7-12)10-18-6-5-17-9-15-8-14(16)11-19-15/h2-4,7-8,11,17H,5-6,9-10H2,1H3. The fraction of sp³-hybridized carbons (Fsp3) is 0.333. The Kier molecular flexibility index (Phi) is 6.44. The molecule has 19 heavy (non-hydrogen) atoms. The van der Waals surface area contributed by atoms with Crippen LogP contribution in [0.5, 0.6) is 0 Å². The van der Waals surface area contributed by atoms with Gasteiger partial charge in [0.25, 0.3) is 0 Å². The van der Waals surface area contributed by atoms with Gasteiger partial charge >= 0.3 is 0 Å². The highest BCUT2D eigenvalue weighted by molar-refractivity contribution is 9.10. The summed E-state index contributed by atoms with van der Waals surface area (Å²) in [6.07, 6.45) is 0. The average molecular weight is 356 g/mol. The Morgan fingerprint density at radius 3 is 2.95 bits per heavy atom. The minimum Gasteiger partial charge on any atom is -0.311 e. The van der Waals surface area contributed by atoms with E-state index in [9.17, 15) is 0 Å². The summed E-state index contributed by atoms with van der Waals surface area (Å²) in [6, 6.07) is 10.9. The van der Waals surface area contributed by atoms with Crippen LogP contribution in [0.15, 0.2) is 40.2 Å². The second kappa shape index (κ2) is 8.10. The molecule has 1 nitrogen and oxygen atoms in total. The Morgan fingerprint density at radius 2 is 2.21 bits per heavy atom. The summed E-state index contributed by atoms with van der Waals surface area (Å²) in [7, 11) is 0. The van der Waals surface area contributed by atoms with E-state index in [4.69, 9.17) is 0 Å². The number of aryl methyl sites for hydroxylation is 1. The lowest BCUT2D eigenvalue weighted by Crippen LogP contribution is -2.15. The zero-order chi connectivity index (χ0) is 13.5. The van der Waals surface area contributed by atoms with Crippen molar-refractivity contribution in [1.82, 2.24) is 5.32 Å². The third-order valence-corrected chi connectivity index (χ3v) is 5.42. The van der Waals surface area contributed by atoms with E-state index in [1.807, 2.05) is 11.8 Å². The van der Waals surface area contributed by atoms with Crippen molar-refractivity contribution in [2.45, 2.75) is 19.2 Å². The van der Waals surface area contributed by atoms with Gasteiger partial charge in [0.1, 0.15) is 0 Å². The van der Waals surface area contributed by atoms with E-state index in [2.05, 4.69) is 63.9 Å². The monoisotopic (exact) mass is 355 g/mol. The third-order valence-electron chi connectivity index (χ3n) is 2.70. The minimum atomic E-state index is 0.973. The fourth-order valence-electron chi connectivity index (χ4n) is 1.79. The Hall–Kier alpha value is -0.290. The summed E-state index contributed by atoms with van der Waals surface area (Å²) >= 11 is 7.26. The molecule has 1 N–H and O–H groups in total. The summed E-state index contributed by atoms with van der Waals surface area (Å²) in [5.41, 5.74) is 2.77. The van der Waals surface area contributed by atoms with Crippen molar-refractivity contribution in [2.24, 2.45) is 0 Å². The average Bonchev–Trinajstić information content (AvgIpc) is 2.79. The van der Waals surface area contributed by atoms with Gasteiger partial charge in [-0.15, -0.1) is 11.3 Å². The second-order valence-corrected chi connectivity index (χ2v) is 7.47. The van der Waals surface area contributed by atoms with E-state index < -0.39 is 0 Å². The SMILES string of the molecule is Cc1cccc(CSCCNCc2cc(Br)cs2)c1. The zero-order valence-corrected chi connectivity index (χ0v) is 14.2. The summed E-state index contributed by atoms with van der Waals surface area (Å²) in [5, 5.41) is 5.61. The Labute approximate surface area is 131 Å². The molecule has 0 spiro atoms. The molecule has 0 fully saturated rings. The Bertz CT molecular complexity index is 510. The van der Waals surface area contributed by atoms with Gasteiger partial charge in [-0.2, -0.15) is 11.8 Å². The van der Waals surface area contributed by atoms with Crippen LogP contribution in [0.3, 0.4) is 0 Å². The van der Waals surface area contributed by atoms with E-state index in [1.165, 1.54) is 20.5 Å². The van der Waals surface area contributed by atoms with E-state index >= 15 is 0 Å². The number of thiophene rings is 1. The fourth-order valence-corrected chi connectivity index (χ4v) is 4.06. The predicted molar refractivity (Wildman–Crippen MR) is 91.1 cm³/mol. The van der Waals surface area contributed by atoms with Gasteiger partial charge in [0.15, 0.2) is 0 Å². The van der Waals surface area contributed by atoms with Crippen LogP contribution in [0.25, 0.3) is 0 Å². The van der Waals surface area contributed by atoms with Crippen molar-refractivity contribution < 1.29 is 0 Å². The first-order chi connectivity index (χ1) is 9.24. The molecule has 0 amide bonds. The van der Waals surface area contributed by atoms with Gasteiger partial charge in [0.2, 0.25) is 0 Å². The molecule has 1 heterocycles. The van der Waals surface area contributed by atoms with Crippen molar-refractivity contribution in [3.8, 4) is 0 Å². The van der Waals surface area contributed by atoms with E-state index in [0.717, 1.165) is 24.6 Å². The van der Waals surface area contributed by atoms with Crippen LogP contribution < -0.4 is 5.32 Å². The largest absolute Gasteiger partial charge is 0.311 e. The van der Waals surface area contributed by atoms with Gasteiger partial charge in [-0.1, -0.05) is 29.8 Å². The lowest BCUT2D eigenvalue weighted by Gasteiger charge is -2.04. The highest BCUT2D eigenvalue weighted by atomic mass is 79.9. The van der Waals surface area contributed by atoms with Crippen molar-refractivity contribution >= 4 is 39.0 Å². The first-order valence-electron chi connectivity index (χ1n) is 6.31. The van der Waals surface area contributed by atoms with Crippen molar-refractivity contribution in [2.75, 3.05) is 12.3 Å². The molecule has 0 saturated carbocycles. The second-order valence-electron chi connectivity index (χ2n) is 4.45. The number of benzene rings is 1. The van der Waals surface area contributed by atoms with Crippen LogP contribution >= 0.6 is 39.0 Å². The number of nitrogens with one attached hydrogen (secondary N) is 1. The third kappa shape index (κ3) is 5.69. The summed E-state index contributed by atoms with van der Waals surface area (Å²) in [5.74, 6) is 2.26. The number of halogens is 1. The van der Waals surface area contributed by atoms with E-state index in [-0.39, 0.29) is 0 Å². The van der Waals surface area contributed by atoms with Gasteiger partial charge in [-0.05, 0) is 34.5 Å². The molecule has 2 rings (SSSR count). The van der Waals surface area contributed by atoms with Crippen LogP contribution in [0.2, 0.25) is 0 Å². The maximum absolute atomic E-state index is 3.48. The topological polar surface area (TPSA) is 12.0 Å². The van der Waals surface area contributed by atoms with Crippen LogP contribution in [-0.2, 0) is 12.3 Å². The number of rotatable bonds is 7. The first-order valence-corrected chi connectivity index (χ1v) is 9.14. The molecule has 0 unspecified atom stereocenters. The predicted octanol–water partition coefficient (Wildman–Crippen LogP) is 4.84. The molecule has 0 atom stereocenters. The maximum atomic E-state index is 3.48. The van der Waals surface area contributed by atoms with Gasteiger partial charge < -0.3 is 5.32 Å². The minimum absolute atomic E-state index is 0.973. The molecule has 0 bridgehead atoms. The summed E-state index contributed by atoms with van der Waals surface area (Å²) in [4.78, 5) is 1.38. The number of thioether (sulfide) groups is 1. The molecule has 0 aliphatic carbocycles. The van der Waals surface area contributed by atoms with Gasteiger partial charge in [-0.25, -0.2) is 0 Å². The van der Waals surface area contributed by atoms with E-state index in [0.29, 0.717) is 0 Å². The molecule has 1 aromatic carbocycles. The first kappa shape index (κ1) is 15.1. The van der Waals surface area contributed by atoms with Gasteiger partial charge in [-0.3, -0.25) is 0 Å². The number of hydrogen-bond donors (Lipinski definition) is 1. The number of hydrogen-bond acceptors (Lipinski definition) is 3. The van der Waals surface area contributed by atoms with Crippen LogP contribution in [-0.4, -0.2) is 12.3 Å². The van der Waals surface area contributed by atoms with Gasteiger partial charge in [0, 0.05) is 39.3 Å². The smallest absolute Gasteiger partial charge is 0.0300 e. The summed E-state index contributed by atoms with van der Waals surface area (Å²) in [6.45, 7) is 4.18. The maximum Gasteiger partial charge on any atom is 0.0300 e. The molecule has 0 aliphatic rings. The van der Waals surface area contributed by atoms with Crippen LogP contribution in [0.4, 0.5) is 0 Å². The molecule has 1 aromatic heterocycles. The normalized spacial score (nSPS) is 10.8. The molecule has 0 saturated heterocycles. The molecule has 0 radical (unpaired) electrons. The van der Waals surface area contributed by atoms with Gasteiger partial charge in [0.05, 0.1) is 0 Å². The highest BCUT2D eigenvalue weighted by Gasteiger charge is 1.97. The molecule has 102 valence electrons. The molecule has 4 heteroatoms.